The van der Waals surface area contributed by atoms with Crippen molar-refractivity contribution in [2.24, 2.45) is 0 Å². The number of aliphatic hydroxyl groups excluding tert-OH is 1. The normalized spacial score (nSPS) is 17.9. The van der Waals surface area contributed by atoms with E-state index in [1.165, 1.54) is 16.2 Å². The van der Waals surface area contributed by atoms with Crippen LogP contribution >= 0.6 is 11.3 Å². The summed E-state index contributed by atoms with van der Waals surface area (Å²) in [7, 11) is 0. The van der Waals surface area contributed by atoms with Crippen molar-refractivity contribution in [2.75, 3.05) is 11.5 Å². The van der Waals surface area contributed by atoms with Gasteiger partial charge in [-0.25, -0.2) is 0 Å². The van der Waals surface area contributed by atoms with E-state index in [-0.39, 0.29) is 16.7 Å². The van der Waals surface area contributed by atoms with E-state index in [2.05, 4.69) is 20.8 Å². The quantitative estimate of drug-likeness (QED) is 0.264. The van der Waals surface area contributed by atoms with Crippen LogP contribution in [0.25, 0.3) is 5.76 Å². The molecule has 5 nitrogen and oxygen atoms in total. The van der Waals surface area contributed by atoms with E-state index < -0.39 is 17.7 Å². The topological polar surface area (TPSA) is 66.8 Å². The minimum Gasteiger partial charge on any atom is -0.507 e. The summed E-state index contributed by atoms with van der Waals surface area (Å²) >= 11 is 1.45. The summed E-state index contributed by atoms with van der Waals surface area (Å²) in [6.45, 7) is 10.6. The Bertz CT molecular complexity index is 1250. The third-order valence-electron chi connectivity index (χ3n) is 6.04. The molecule has 1 saturated heterocycles. The number of anilines is 1. The Balaban J connectivity index is 1.89. The van der Waals surface area contributed by atoms with Crippen molar-refractivity contribution in [2.45, 2.75) is 46.1 Å². The second kappa shape index (κ2) is 9.11. The Kier molecular flexibility index (Phi) is 6.36. The Morgan fingerprint density at radius 2 is 1.79 bits per heavy atom. The van der Waals surface area contributed by atoms with Crippen LogP contribution in [0.1, 0.15) is 55.3 Å². The van der Waals surface area contributed by atoms with Crippen LogP contribution in [0, 0.1) is 6.92 Å². The number of rotatable bonds is 5. The predicted octanol–water partition coefficient (Wildman–Crippen LogP) is 6.38. The average Bonchev–Trinajstić information content (AvgIpc) is 3.41. The fourth-order valence-corrected chi connectivity index (χ4v) is 5.00. The Labute approximate surface area is 204 Å². The first-order valence-electron chi connectivity index (χ1n) is 11.3. The first kappa shape index (κ1) is 23.8. The molecule has 1 fully saturated rings. The lowest BCUT2D eigenvalue weighted by molar-refractivity contribution is -0.132. The molecule has 0 radical (unpaired) electrons. The van der Waals surface area contributed by atoms with Crippen LogP contribution in [-0.2, 0) is 15.0 Å². The van der Waals surface area contributed by atoms with Crippen LogP contribution < -0.4 is 9.64 Å². The van der Waals surface area contributed by atoms with E-state index >= 15 is 0 Å². The molecule has 1 aliphatic rings. The molecule has 2 aromatic carbocycles. The van der Waals surface area contributed by atoms with Gasteiger partial charge in [-0.2, -0.15) is 0 Å². The number of ether oxygens (including phenoxy) is 1. The van der Waals surface area contributed by atoms with Crippen molar-refractivity contribution in [3.63, 3.8) is 0 Å². The number of hydrogen-bond donors (Lipinski definition) is 1. The molecular formula is C28H29NO4S. The van der Waals surface area contributed by atoms with Gasteiger partial charge in [-0.05, 0) is 72.2 Å². The molecule has 3 aromatic rings. The highest BCUT2D eigenvalue weighted by molar-refractivity contribution is 7.10. The van der Waals surface area contributed by atoms with Crippen molar-refractivity contribution >= 4 is 34.5 Å². The second-order valence-electron chi connectivity index (χ2n) is 9.39. The van der Waals surface area contributed by atoms with Crippen molar-refractivity contribution in [3.8, 4) is 5.75 Å². The smallest absolute Gasteiger partial charge is 0.300 e. The molecule has 0 aliphatic carbocycles. The average molecular weight is 476 g/mol. The fraction of sp³-hybridized carbons (Fsp3) is 0.286. The highest BCUT2D eigenvalue weighted by Crippen LogP contribution is 2.44. The highest BCUT2D eigenvalue weighted by atomic mass is 32.1. The predicted molar refractivity (Wildman–Crippen MR) is 137 cm³/mol. The van der Waals surface area contributed by atoms with Gasteiger partial charge in [0.25, 0.3) is 11.7 Å². The van der Waals surface area contributed by atoms with Crippen LogP contribution in [0.4, 0.5) is 5.69 Å². The monoisotopic (exact) mass is 475 g/mol. The van der Waals surface area contributed by atoms with Gasteiger partial charge in [-0.3, -0.25) is 14.5 Å². The number of benzene rings is 2. The van der Waals surface area contributed by atoms with Gasteiger partial charge < -0.3 is 9.84 Å². The zero-order chi connectivity index (χ0) is 24.6. The molecule has 1 unspecified atom stereocenters. The van der Waals surface area contributed by atoms with Crippen LogP contribution in [0.15, 0.2) is 65.6 Å². The van der Waals surface area contributed by atoms with Gasteiger partial charge >= 0.3 is 0 Å². The lowest BCUT2D eigenvalue weighted by Gasteiger charge is -2.25. The molecule has 0 saturated carbocycles. The maximum absolute atomic E-state index is 13.3. The minimum absolute atomic E-state index is 0.107. The summed E-state index contributed by atoms with van der Waals surface area (Å²) in [6.07, 6.45) is 0. The first-order chi connectivity index (χ1) is 16.1. The highest BCUT2D eigenvalue weighted by Gasteiger charge is 2.47. The lowest BCUT2D eigenvalue weighted by Crippen LogP contribution is -2.29. The number of carbonyl (C=O) groups excluding carboxylic acids is 2. The number of aryl methyl sites for hydroxylation is 1. The van der Waals surface area contributed by atoms with Gasteiger partial charge in [-0.15, -0.1) is 11.3 Å². The first-order valence-corrected chi connectivity index (χ1v) is 12.2. The van der Waals surface area contributed by atoms with E-state index in [1.807, 2.05) is 49.6 Å². The molecule has 1 aromatic heterocycles. The largest absolute Gasteiger partial charge is 0.507 e. The van der Waals surface area contributed by atoms with Crippen LogP contribution in [0.2, 0.25) is 0 Å². The third kappa shape index (κ3) is 4.26. The Hall–Kier alpha value is -3.38. The van der Waals surface area contributed by atoms with Crippen LogP contribution in [0.5, 0.6) is 5.75 Å². The van der Waals surface area contributed by atoms with Gasteiger partial charge in [0, 0.05) is 16.1 Å². The molecule has 0 bridgehead atoms. The molecule has 4 rings (SSSR count). The second-order valence-corrected chi connectivity index (χ2v) is 10.4. The van der Waals surface area contributed by atoms with E-state index in [1.54, 1.807) is 24.3 Å². The number of amides is 1. The molecule has 2 heterocycles. The van der Waals surface area contributed by atoms with Crippen LogP contribution in [0.3, 0.4) is 0 Å². The molecule has 176 valence electrons. The molecule has 1 atom stereocenters. The van der Waals surface area contributed by atoms with E-state index in [9.17, 15) is 14.7 Å². The Morgan fingerprint density at radius 3 is 2.38 bits per heavy atom. The maximum Gasteiger partial charge on any atom is 0.300 e. The van der Waals surface area contributed by atoms with Gasteiger partial charge in [0.15, 0.2) is 0 Å². The zero-order valence-corrected chi connectivity index (χ0v) is 20.9. The van der Waals surface area contributed by atoms with E-state index in [4.69, 9.17) is 4.74 Å². The Morgan fingerprint density at radius 1 is 1.09 bits per heavy atom. The summed E-state index contributed by atoms with van der Waals surface area (Å²) < 4.78 is 5.52. The fourth-order valence-electron chi connectivity index (χ4n) is 4.17. The number of ketones is 1. The number of thiophene rings is 1. The molecule has 0 spiro atoms. The summed E-state index contributed by atoms with van der Waals surface area (Å²) in [5, 5.41) is 13.4. The van der Waals surface area contributed by atoms with Gasteiger partial charge in [-0.1, -0.05) is 39.0 Å². The molecule has 6 heteroatoms. The van der Waals surface area contributed by atoms with E-state index in [0.29, 0.717) is 23.6 Å². The van der Waals surface area contributed by atoms with Crippen molar-refractivity contribution in [3.05, 3.63) is 87.1 Å². The SMILES string of the molecule is CCOc1ccc(N2C(=O)C(=O)/C(=C(/O)c3cc(C(C)(C)C)ccc3C)C2c2cccs2)cc1. The van der Waals surface area contributed by atoms with Crippen LogP contribution in [-0.4, -0.2) is 23.4 Å². The molecule has 1 aliphatic heterocycles. The number of hydrogen-bond acceptors (Lipinski definition) is 5. The molecule has 1 amide bonds. The maximum atomic E-state index is 13.3. The number of aliphatic hydroxyl groups is 1. The summed E-state index contributed by atoms with van der Waals surface area (Å²) in [5.41, 5.74) is 2.98. The van der Waals surface area contributed by atoms with Crippen molar-refractivity contribution in [1.29, 1.82) is 0 Å². The zero-order valence-electron chi connectivity index (χ0n) is 20.1. The minimum atomic E-state index is -0.712. The van der Waals surface area contributed by atoms with Gasteiger partial charge in [0.05, 0.1) is 12.2 Å². The van der Waals surface area contributed by atoms with Gasteiger partial charge in [0.1, 0.15) is 17.6 Å². The summed E-state index contributed by atoms with van der Waals surface area (Å²) in [4.78, 5) is 28.9. The lowest BCUT2D eigenvalue weighted by atomic mass is 9.84. The van der Waals surface area contributed by atoms with E-state index in [0.717, 1.165) is 16.0 Å². The summed E-state index contributed by atoms with van der Waals surface area (Å²) in [5.74, 6) is -0.807. The van der Waals surface area contributed by atoms with Crippen molar-refractivity contribution < 1.29 is 19.4 Å². The number of carbonyl (C=O) groups is 2. The van der Waals surface area contributed by atoms with Crippen molar-refractivity contribution in [1.82, 2.24) is 0 Å². The molecule has 1 N–H and O–H groups in total. The standard InChI is InChI=1S/C28H29NO4S/c1-6-33-20-13-11-19(12-14-20)29-24(22-8-7-15-34-22)23(26(31)27(29)32)25(30)21-16-18(28(3,4)5)10-9-17(21)2/h7-16,24,30H,6H2,1-5H3/b25-23+. The summed E-state index contributed by atoms with van der Waals surface area (Å²) in [6, 6.07) is 16.0. The number of nitrogens with zero attached hydrogens (tertiary/aromatic N) is 1. The van der Waals surface area contributed by atoms with Gasteiger partial charge in [0.2, 0.25) is 0 Å². The molecule has 34 heavy (non-hydrogen) atoms. The third-order valence-corrected chi connectivity index (χ3v) is 6.97. The molecular weight excluding hydrogens is 446 g/mol. The number of Topliss-reactive ketones (excluding diaryl/α,β-unsaturated/α-hetero) is 1.